The van der Waals surface area contributed by atoms with Crippen LogP contribution in [0.25, 0.3) is 10.9 Å². The smallest absolute Gasteiger partial charge is 0.317 e. The number of carbonyl (C=O) groups excluding carboxylic acids is 11. The number of aliphatic carboxylic acids is 3. The van der Waals surface area contributed by atoms with Crippen LogP contribution in [0.1, 0.15) is 168 Å². The average molecular weight is 1730 g/mol. The zero-order chi connectivity index (χ0) is 89.3. The Balaban J connectivity index is 0.857. The van der Waals surface area contributed by atoms with E-state index in [1.165, 1.54) is 35.8 Å². The molecular formula is C85H135N19O17S. The number of nitrogens with one attached hydrogen (secondary N) is 10. The number of amides is 10. The van der Waals surface area contributed by atoms with Crippen molar-refractivity contribution in [2.45, 2.75) is 213 Å². The van der Waals surface area contributed by atoms with E-state index in [0.717, 1.165) is 64.2 Å². The number of aromatic nitrogens is 3. The summed E-state index contributed by atoms with van der Waals surface area (Å²) in [6.07, 6.45) is 17.7. The number of nitrogens with zero attached hydrogens (tertiary/aromatic N) is 6. The Morgan fingerprint density at radius 3 is 1.79 bits per heavy atom. The third-order valence-corrected chi connectivity index (χ3v) is 26.9. The van der Waals surface area contributed by atoms with E-state index < -0.39 is 132 Å². The summed E-state index contributed by atoms with van der Waals surface area (Å²) in [6, 6.07) is -0.621. The summed E-state index contributed by atoms with van der Waals surface area (Å²) >= 11 is 1.47. The molecular weight excluding hydrogens is 1590 g/mol. The molecule has 1 saturated heterocycles. The number of thioether (sulfide) groups is 1. The lowest BCUT2D eigenvalue weighted by atomic mass is 9.44. The van der Waals surface area contributed by atoms with Gasteiger partial charge in [-0.1, -0.05) is 66.7 Å². The van der Waals surface area contributed by atoms with E-state index >= 15 is 0 Å². The molecule has 0 radical (unpaired) electrons. The molecule has 4 saturated carbocycles. The fraction of sp³-hybridized carbons (Fsp3) is 0.706. The summed E-state index contributed by atoms with van der Waals surface area (Å²) in [5.41, 5.74) is 19.3. The van der Waals surface area contributed by atoms with E-state index in [1.54, 1.807) is 46.9 Å². The van der Waals surface area contributed by atoms with Crippen molar-refractivity contribution in [3.63, 3.8) is 0 Å². The maximum atomic E-state index is 14.9. The molecule has 16 atom stereocenters. The van der Waals surface area contributed by atoms with Gasteiger partial charge in [0.15, 0.2) is 0 Å². The van der Waals surface area contributed by atoms with Gasteiger partial charge in [0.2, 0.25) is 65.0 Å². The number of imidazole rings is 1. The number of nitrogens with two attached hydrogens (primary N) is 3. The minimum Gasteiger partial charge on any atom is -0.480 e. The first kappa shape index (κ1) is 98.3. The van der Waals surface area contributed by atoms with E-state index in [4.69, 9.17) is 17.2 Å². The third-order valence-electron chi connectivity index (χ3n) is 26.3. The minimum absolute atomic E-state index is 0.0206. The van der Waals surface area contributed by atoms with Gasteiger partial charge in [-0.2, -0.15) is 11.8 Å². The van der Waals surface area contributed by atoms with Gasteiger partial charge in [0, 0.05) is 94.7 Å². The number of H-pyrrole nitrogens is 1. The van der Waals surface area contributed by atoms with Gasteiger partial charge in [-0.25, -0.2) is 4.98 Å². The summed E-state index contributed by atoms with van der Waals surface area (Å²) in [7, 11) is 0. The lowest BCUT2D eigenvalue weighted by Crippen LogP contribution is -2.58. The zero-order valence-electron chi connectivity index (χ0n) is 72.5. The third kappa shape index (κ3) is 28.5. The molecule has 3 heterocycles. The molecule has 5 fully saturated rings. The van der Waals surface area contributed by atoms with Gasteiger partial charge < -0.3 is 85.4 Å². The highest BCUT2D eigenvalue weighted by Gasteiger charge is 2.61. The number of rotatable bonds is 44. The number of carboxylic acids is 3. The fourth-order valence-corrected chi connectivity index (χ4v) is 20.2. The Morgan fingerprint density at radius 2 is 1.20 bits per heavy atom. The predicted octanol–water partition coefficient (Wildman–Crippen LogP) is 0.993. The SMILES string of the molecule is CSCC[C@H](NC(=O)[C@H](CC(C)C)NC(=O)[C@H](Cc1cnc[nH]1)NC(=O)CNC(=O)[C@@H](NC(=O)[C@H](C)NC(=O)[C@H](Cc1cn(C(=O)[C@@H](N)CCC(N)=O)c2ccccc12)NCCC[C@@H](C)[C@H]1CCC2C3CC[C@@H]4C[C@@H](NC(=O)CNC(=O)CN5CCN(CC(=O)O)CCN(CC(=O)O)CCN(CC(=O)O)CC5)CC[C@]4(C)C3CC[C@@]21C)C(C)C)C(N)=O. The maximum Gasteiger partial charge on any atom is 0.317 e. The van der Waals surface area contributed by atoms with Crippen molar-refractivity contribution >= 4 is 106 Å². The van der Waals surface area contributed by atoms with E-state index in [2.05, 4.69) is 78.6 Å². The molecule has 8 rings (SSSR count). The van der Waals surface area contributed by atoms with Crippen LogP contribution in [0.3, 0.4) is 0 Å². The number of carbonyl (C=O) groups is 14. The van der Waals surface area contributed by atoms with Crippen LogP contribution in [0.15, 0.2) is 43.0 Å². The van der Waals surface area contributed by atoms with Crippen LogP contribution in [0.2, 0.25) is 0 Å². The maximum absolute atomic E-state index is 14.9. The molecule has 678 valence electrons. The highest BCUT2D eigenvalue weighted by atomic mass is 32.2. The summed E-state index contributed by atoms with van der Waals surface area (Å²) < 4.78 is 1.43. The Bertz CT molecular complexity index is 4060. The van der Waals surface area contributed by atoms with Gasteiger partial charge in [0.05, 0.1) is 63.2 Å². The van der Waals surface area contributed by atoms with Crippen LogP contribution in [0.5, 0.6) is 0 Å². The van der Waals surface area contributed by atoms with Gasteiger partial charge in [-0.15, -0.1) is 0 Å². The second-order valence-electron chi connectivity index (χ2n) is 35.8. The average Bonchev–Trinajstić information content (AvgIpc) is 1.01. The lowest BCUT2D eigenvalue weighted by molar-refractivity contribution is -0.140. The van der Waals surface area contributed by atoms with Gasteiger partial charge in [-0.3, -0.25) is 91.3 Å². The Kier molecular flexibility index (Phi) is 37.5. The molecule has 5 aliphatic rings. The molecule has 10 amide bonds. The molecule has 122 heavy (non-hydrogen) atoms. The molecule has 37 heteroatoms. The quantitative estimate of drug-likeness (QED) is 0.0351. The van der Waals surface area contributed by atoms with E-state index in [9.17, 15) is 82.4 Å². The van der Waals surface area contributed by atoms with Crippen molar-refractivity contribution in [2.24, 2.45) is 75.4 Å². The summed E-state index contributed by atoms with van der Waals surface area (Å²) in [5, 5.41) is 55.4. The number of aromatic amines is 1. The summed E-state index contributed by atoms with van der Waals surface area (Å²) in [6.45, 7) is 16.6. The van der Waals surface area contributed by atoms with Gasteiger partial charge >= 0.3 is 17.9 Å². The fourth-order valence-electron chi connectivity index (χ4n) is 19.7. The van der Waals surface area contributed by atoms with Crippen molar-refractivity contribution in [3.05, 3.63) is 54.2 Å². The Labute approximate surface area is 719 Å². The molecule has 3 aromatic rings. The van der Waals surface area contributed by atoms with E-state index in [0.29, 0.717) is 76.4 Å². The second-order valence-corrected chi connectivity index (χ2v) is 36.8. The Hall–Kier alpha value is -9.14. The second kappa shape index (κ2) is 46.5. The number of fused-ring (bicyclic) bond motifs is 6. The summed E-state index contributed by atoms with van der Waals surface area (Å²) in [5.74, 6) is -6.88. The van der Waals surface area contributed by atoms with Crippen LogP contribution in [-0.4, -0.2) is 291 Å². The largest absolute Gasteiger partial charge is 0.480 e. The number of hydrogen-bond donors (Lipinski definition) is 16. The van der Waals surface area contributed by atoms with E-state index in [-0.39, 0.29) is 152 Å². The summed E-state index contributed by atoms with van der Waals surface area (Å²) in [4.78, 5) is 199. The molecule has 0 bridgehead atoms. The van der Waals surface area contributed by atoms with Crippen LogP contribution >= 0.6 is 11.8 Å². The molecule has 19 N–H and O–H groups in total. The molecule has 1 aromatic carbocycles. The van der Waals surface area contributed by atoms with Gasteiger partial charge in [-0.05, 0) is 192 Å². The molecule has 1 aliphatic heterocycles. The van der Waals surface area contributed by atoms with Crippen molar-refractivity contribution in [1.29, 1.82) is 0 Å². The molecule has 0 spiro atoms. The van der Waals surface area contributed by atoms with Gasteiger partial charge in [0.25, 0.3) is 0 Å². The van der Waals surface area contributed by atoms with E-state index in [1.807, 2.05) is 37.1 Å². The molecule has 3 unspecified atom stereocenters. The lowest BCUT2D eigenvalue weighted by Gasteiger charge is -2.61. The first-order valence-electron chi connectivity index (χ1n) is 43.4. The minimum atomic E-state index is -1.28. The molecule has 36 nitrogen and oxygen atoms in total. The van der Waals surface area contributed by atoms with Crippen LogP contribution < -0.4 is 65.1 Å². The first-order chi connectivity index (χ1) is 57.9. The van der Waals surface area contributed by atoms with Crippen molar-refractivity contribution in [2.75, 3.05) is 110 Å². The van der Waals surface area contributed by atoms with Crippen molar-refractivity contribution in [1.82, 2.24) is 82.0 Å². The van der Waals surface area contributed by atoms with Crippen molar-refractivity contribution < 1.29 is 82.4 Å². The van der Waals surface area contributed by atoms with Gasteiger partial charge in [0.1, 0.15) is 30.2 Å². The predicted molar refractivity (Wildman–Crippen MR) is 459 cm³/mol. The number of primary amides is 2. The monoisotopic (exact) mass is 1730 g/mol. The standard InChI is InChI=1S/C85H135N19O17S/c1-50(2)37-66(80(118)97-64(77(88)115)24-36-122-9)98-81(119)67(40-57-41-89-49-93-57)96-71(107)43-92-82(120)76(51(3)4)99-78(116)53(6)94-79(117)65(38-54-44-104(68-15-11-10-14-58(54)68)83(121)63(86)20-21-69(87)105)90-27-12-13-52(5)60-18-19-61-59-17-16-55-39-56(22-25-84(55,7)62(59)23-26-85(60,61)8)95-70(106)42-91-72(108)45-100-28-30-101(46-73(109)110)32-34-103(48-75(113)114)35-33-102(31-29-100)47-74(111)112/h10-11,14-15,41,44,49-53,55-56,59-67,76,90H,12-13,16-40,42-43,45-48,86H2,1-9H3,(H2,87,105)(H2,88,115)(H,89,93)(H,91,108)(H,92,120)(H,94,117)(H,95,106)(H,96,107)(H,97,118)(H,98,119)(H,99,116)(H,109,110)(H,111,112)(H,113,114)/t52-,53+,55-,56+,59?,60-,61?,62?,63+,64+,65+,66+,67+,76+,84+,85-/m1/s1. The number of benzene rings is 1. The number of para-hydroxylation sites is 1. The number of carboxylic acid groups (broad SMARTS) is 3. The topological polar surface area (TPSA) is 533 Å². The normalized spacial score (nSPS) is 23.8. The first-order valence-corrected chi connectivity index (χ1v) is 44.8. The van der Waals surface area contributed by atoms with Crippen LogP contribution in [0.4, 0.5) is 0 Å². The van der Waals surface area contributed by atoms with Crippen LogP contribution in [-0.2, 0) is 75.2 Å². The number of hydrogen-bond acceptors (Lipinski definition) is 22. The van der Waals surface area contributed by atoms with Crippen LogP contribution in [0, 0.1) is 58.2 Å². The Morgan fingerprint density at radius 1 is 0.607 bits per heavy atom. The zero-order valence-corrected chi connectivity index (χ0v) is 73.3. The highest BCUT2D eigenvalue weighted by Crippen LogP contribution is 2.68. The molecule has 2 aromatic heterocycles. The molecule has 4 aliphatic carbocycles. The van der Waals surface area contributed by atoms with Crippen molar-refractivity contribution in [3.8, 4) is 0 Å². The highest BCUT2D eigenvalue weighted by molar-refractivity contribution is 7.98.